The number of piperidine rings is 1. The van der Waals surface area contributed by atoms with Gasteiger partial charge >= 0.3 is 0 Å². The lowest BCUT2D eigenvalue weighted by Gasteiger charge is -2.36. The van der Waals surface area contributed by atoms with Crippen molar-refractivity contribution in [3.63, 3.8) is 0 Å². The van der Waals surface area contributed by atoms with E-state index in [2.05, 4.69) is 25.6 Å². The monoisotopic (exact) mass is 334 g/mol. The van der Waals surface area contributed by atoms with E-state index < -0.39 is 0 Å². The molecule has 0 saturated carbocycles. The average molecular weight is 334 g/mol. The van der Waals surface area contributed by atoms with Crippen molar-refractivity contribution >= 4 is 5.91 Å². The Morgan fingerprint density at radius 3 is 2.88 bits per heavy atom. The maximum absolute atomic E-state index is 13.3. The molecule has 1 aliphatic rings. The van der Waals surface area contributed by atoms with E-state index >= 15 is 0 Å². The molecule has 0 radical (unpaired) electrons. The molecule has 4 rings (SSSR count). The molecule has 1 aliphatic heterocycles. The zero-order chi connectivity index (χ0) is 17.1. The smallest absolute Gasteiger partial charge is 0.255 e. The Bertz CT molecular complexity index is 849. The van der Waals surface area contributed by atoms with Crippen LogP contribution in [0.15, 0.2) is 48.8 Å². The minimum absolute atomic E-state index is 0.00560. The van der Waals surface area contributed by atoms with Crippen LogP contribution in [0.25, 0.3) is 11.4 Å². The van der Waals surface area contributed by atoms with E-state index in [-0.39, 0.29) is 11.9 Å². The number of tetrazole rings is 1. The molecule has 1 N–H and O–H groups in total. The molecule has 1 unspecified atom stereocenters. The lowest BCUT2D eigenvalue weighted by molar-refractivity contribution is 0.0612. The van der Waals surface area contributed by atoms with Gasteiger partial charge in [0.05, 0.1) is 11.6 Å². The number of likely N-dealkylation sites (tertiary alicyclic amines) is 1. The first-order chi connectivity index (χ1) is 12.3. The van der Waals surface area contributed by atoms with Gasteiger partial charge in [0.15, 0.2) is 0 Å². The van der Waals surface area contributed by atoms with Gasteiger partial charge in [0, 0.05) is 24.5 Å². The summed E-state index contributed by atoms with van der Waals surface area (Å²) in [6.07, 6.45) is 6.66. The standard InChI is InChI=1S/C18H18N6O/c25-18(15-8-2-1-7-14(15)17-20-22-23-21-17)24-11-4-3-9-16(24)13-6-5-10-19-12-13/h1-2,5-8,10,12,16H,3-4,9,11H2,(H,20,21,22,23). The van der Waals surface area contributed by atoms with E-state index in [1.807, 2.05) is 47.5 Å². The summed E-state index contributed by atoms with van der Waals surface area (Å²) in [7, 11) is 0. The molecule has 1 saturated heterocycles. The van der Waals surface area contributed by atoms with Gasteiger partial charge in [-0.1, -0.05) is 24.3 Å². The Balaban J connectivity index is 1.70. The third-order valence-corrected chi connectivity index (χ3v) is 4.58. The molecule has 0 bridgehead atoms. The fourth-order valence-corrected chi connectivity index (χ4v) is 3.39. The maximum atomic E-state index is 13.3. The molecule has 1 aromatic carbocycles. The summed E-state index contributed by atoms with van der Waals surface area (Å²) >= 11 is 0. The molecule has 1 amide bonds. The van der Waals surface area contributed by atoms with Crippen LogP contribution in [-0.2, 0) is 0 Å². The third kappa shape index (κ3) is 3.00. The van der Waals surface area contributed by atoms with Crippen LogP contribution in [0.3, 0.4) is 0 Å². The van der Waals surface area contributed by atoms with Crippen LogP contribution < -0.4 is 0 Å². The summed E-state index contributed by atoms with van der Waals surface area (Å²) in [5, 5.41) is 14.1. The van der Waals surface area contributed by atoms with Crippen LogP contribution in [0.2, 0.25) is 0 Å². The SMILES string of the molecule is O=C(c1ccccc1-c1nn[nH]n1)N1CCCCC1c1cccnc1. The zero-order valence-electron chi connectivity index (χ0n) is 13.7. The second kappa shape index (κ2) is 6.80. The number of benzene rings is 1. The van der Waals surface area contributed by atoms with Crippen molar-refractivity contribution in [1.29, 1.82) is 0 Å². The number of nitrogens with one attached hydrogen (secondary N) is 1. The van der Waals surface area contributed by atoms with Gasteiger partial charge in [0.25, 0.3) is 5.91 Å². The van der Waals surface area contributed by atoms with Crippen molar-refractivity contribution in [2.45, 2.75) is 25.3 Å². The summed E-state index contributed by atoms with van der Waals surface area (Å²) in [5.74, 6) is 0.424. The number of pyridine rings is 1. The van der Waals surface area contributed by atoms with Crippen LogP contribution in [0, 0.1) is 0 Å². The van der Waals surface area contributed by atoms with E-state index in [1.165, 1.54) is 0 Å². The number of hydrogen-bond donors (Lipinski definition) is 1. The average Bonchev–Trinajstić information content (AvgIpc) is 3.23. The van der Waals surface area contributed by atoms with Crippen LogP contribution >= 0.6 is 0 Å². The number of nitrogens with zero attached hydrogens (tertiary/aromatic N) is 5. The number of rotatable bonds is 3. The third-order valence-electron chi connectivity index (χ3n) is 4.58. The Hall–Kier alpha value is -3.09. The van der Waals surface area contributed by atoms with E-state index in [0.717, 1.165) is 31.4 Å². The summed E-state index contributed by atoms with van der Waals surface area (Å²) in [5.41, 5.74) is 2.36. The highest BCUT2D eigenvalue weighted by atomic mass is 16.2. The molecule has 1 fully saturated rings. The lowest BCUT2D eigenvalue weighted by atomic mass is 9.94. The Kier molecular flexibility index (Phi) is 4.20. The van der Waals surface area contributed by atoms with Gasteiger partial charge < -0.3 is 4.90 Å². The highest BCUT2D eigenvalue weighted by Gasteiger charge is 2.30. The number of H-pyrrole nitrogens is 1. The summed E-state index contributed by atoms with van der Waals surface area (Å²) in [6.45, 7) is 0.735. The van der Waals surface area contributed by atoms with Crippen molar-refractivity contribution < 1.29 is 4.79 Å². The first-order valence-electron chi connectivity index (χ1n) is 8.38. The molecule has 126 valence electrons. The highest BCUT2D eigenvalue weighted by molar-refractivity contribution is 6.00. The first-order valence-corrected chi connectivity index (χ1v) is 8.38. The number of carbonyl (C=O) groups excluding carboxylic acids is 1. The molecule has 0 spiro atoms. The normalized spacial score (nSPS) is 17.4. The fourth-order valence-electron chi connectivity index (χ4n) is 3.39. The highest BCUT2D eigenvalue weighted by Crippen LogP contribution is 2.33. The number of hydrogen-bond acceptors (Lipinski definition) is 5. The number of aromatic amines is 1. The lowest BCUT2D eigenvalue weighted by Crippen LogP contribution is -2.38. The first kappa shape index (κ1) is 15.4. The largest absolute Gasteiger partial charge is 0.332 e. The Morgan fingerprint density at radius 1 is 1.16 bits per heavy atom. The van der Waals surface area contributed by atoms with Crippen molar-refractivity contribution in [2.24, 2.45) is 0 Å². The van der Waals surface area contributed by atoms with Gasteiger partial charge in [-0.15, -0.1) is 10.2 Å². The van der Waals surface area contributed by atoms with Crippen LogP contribution in [-0.4, -0.2) is 43.0 Å². The number of amides is 1. The molecule has 7 nitrogen and oxygen atoms in total. The molecule has 0 aliphatic carbocycles. The van der Waals surface area contributed by atoms with Gasteiger partial charge in [0.1, 0.15) is 0 Å². The maximum Gasteiger partial charge on any atom is 0.255 e. The van der Waals surface area contributed by atoms with E-state index in [4.69, 9.17) is 0 Å². The van der Waals surface area contributed by atoms with Gasteiger partial charge in [-0.2, -0.15) is 5.21 Å². The summed E-state index contributed by atoms with van der Waals surface area (Å²) in [6, 6.07) is 11.4. The second-order valence-electron chi connectivity index (χ2n) is 6.08. The second-order valence-corrected chi connectivity index (χ2v) is 6.08. The van der Waals surface area contributed by atoms with Crippen LogP contribution in [0.4, 0.5) is 0 Å². The molecule has 2 aromatic heterocycles. The minimum Gasteiger partial charge on any atom is -0.332 e. The molecular formula is C18H18N6O. The summed E-state index contributed by atoms with van der Waals surface area (Å²) in [4.78, 5) is 19.5. The van der Waals surface area contributed by atoms with E-state index in [9.17, 15) is 4.79 Å². The molecule has 7 heteroatoms. The molecule has 25 heavy (non-hydrogen) atoms. The Morgan fingerprint density at radius 2 is 2.08 bits per heavy atom. The quantitative estimate of drug-likeness (QED) is 0.795. The molecule has 3 heterocycles. The fraction of sp³-hybridized carbons (Fsp3) is 0.278. The van der Waals surface area contributed by atoms with Gasteiger partial charge in [-0.3, -0.25) is 9.78 Å². The Labute approximate surface area is 145 Å². The molecule has 3 aromatic rings. The van der Waals surface area contributed by atoms with Crippen molar-refractivity contribution in [2.75, 3.05) is 6.54 Å². The van der Waals surface area contributed by atoms with E-state index in [1.54, 1.807) is 6.20 Å². The zero-order valence-corrected chi connectivity index (χ0v) is 13.7. The predicted molar refractivity (Wildman–Crippen MR) is 91.5 cm³/mol. The van der Waals surface area contributed by atoms with Gasteiger partial charge in [0.2, 0.25) is 5.82 Å². The number of carbonyl (C=O) groups is 1. The van der Waals surface area contributed by atoms with Gasteiger partial charge in [-0.25, -0.2) is 0 Å². The topological polar surface area (TPSA) is 87.7 Å². The molecule has 1 atom stereocenters. The summed E-state index contributed by atoms with van der Waals surface area (Å²) < 4.78 is 0. The van der Waals surface area contributed by atoms with Crippen molar-refractivity contribution in [3.05, 3.63) is 59.9 Å². The van der Waals surface area contributed by atoms with E-state index in [0.29, 0.717) is 17.0 Å². The number of aromatic nitrogens is 5. The van der Waals surface area contributed by atoms with Crippen molar-refractivity contribution in [3.8, 4) is 11.4 Å². The predicted octanol–water partition coefficient (Wildman–Crippen LogP) is 2.63. The van der Waals surface area contributed by atoms with Crippen LogP contribution in [0.1, 0.15) is 41.2 Å². The van der Waals surface area contributed by atoms with Crippen molar-refractivity contribution in [1.82, 2.24) is 30.5 Å². The minimum atomic E-state index is -0.00560. The van der Waals surface area contributed by atoms with Crippen LogP contribution in [0.5, 0.6) is 0 Å². The molecular weight excluding hydrogens is 316 g/mol. The van der Waals surface area contributed by atoms with Gasteiger partial charge in [-0.05, 0) is 42.2 Å².